The second kappa shape index (κ2) is 8.08. The molecule has 0 saturated carbocycles. The van der Waals surface area contributed by atoms with Crippen LogP contribution in [-0.2, 0) is 11.2 Å². The highest BCUT2D eigenvalue weighted by Gasteiger charge is 2.09. The summed E-state index contributed by atoms with van der Waals surface area (Å²) in [4.78, 5) is 17.6. The number of carbonyl (C=O) groups excluding carboxylic acids is 1. The van der Waals surface area contributed by atoms with Gasteiger partial charge in [0, 0.05) is 5.38 Å². The number of thiophene rings is 1. The third-order valence-electron chi connectivity index (χ3n) is 3.31. The van der Waals surface area contributed by atoms with Crippen LogP contribution in [0.5, 0.6) is 5.75 Å². The summed E-state index contributed by atoms with van der Waals surface area (Å²) in [5, 5.41) is 7.80. The molecular formula is C18H18N2O2S2. The molecule has 2 aromatic heterocycles. The lowest BCUT2D eigenvalue weighted by atomic mass is 10.2. The molecule has 1 aromatic carbocycles. The Morgan fingerprint density at radius 1 is 1.25 bits per heavy atom. The van der Waals surface area contributed by atoms with Crippen molar-refractivity contribution in [2.75, 3.05) is 13.2 Å². The lowest BCUT2D eigenvalue weighted by molar-refractivity contribution is -0.120. The number of amides is 1. The fourth-order valence-corrected chi connectivity index (χ4v) is 3.83. The van der Waals surface area contributed by atoms with Gasteiger partial charge in [-0.2, -0.15) is 0 Å². The van der Waals surface area contributed by atoms with E-state index in [0.717, 1.165) is 26.9 Å². The summed E-state index contributed by atoms with van der Waals surface area (Å²) in [6.45, 7) is 2.95. The second-order valence-electron chi connectivity index (χ2n) is 5.31. The van der Waals surface area contributed by atoms with Crippen molar-refractivity contribution in [1.82, 2.24) is 10.3 Å². The maximum absolute atomic E-state index is 12.0. The number of benzene rings is 1. The summed E-state index contributed by atoms with van der Waals surface area (Å²) in [6.07, 6.45) is 0.298. The average Bonchev–Trinajstić information content (AvgIpc) is 3.23. The van der Waals surface area contributed by atoms with Crippen LogP contribution in [0.2, 0.25) is 0 Å². The van der Waals surface area contributed by atoms with Gasteiger partial charge < -0.3 is 10.1 Å². The summed E-state index contributed by atoms with van der Waals surface area (Å²) in [7, 11) is 0. The van der Waals surface area contributed by atoms with Gasteiger partial charge in [0.25, 0.3) is 0 Å². The molecule has 0 unspecified atom stereocenters. The van der Waals surface area contributed by atoms with Crippen molar-refractivity contribution in [2.24, 2.45) is 0 Å². The number of hydrogen-bond donors (Lipinski definition) is 1. The van der Waals surface area contributed by atoms with E-state index in [1.165, 1.54) is 0 Å². The average molecular weight is 358 g/mol. The molecule has 0 spiro atoms. The molecule has 0 saturated heterocycles. The third kappa shape index (κ3) is 4.66. The van der Waals surface area contributed by atoms with E-state index in [4.69, 9.17) is 4.74 Å². The Bertz CT molecular complexity index is 797. The topological polar surface area (TPSA) is 51.2 Å². The Morgan fingerprint density at radius 2 is 2.17 bits per heavy atom. The molecule has 1 amide bonds. The largest absolute Gasteiger partial charge is 0.492 e. The molecule has 0 aliphatic rings. The smallest absolute Gasteiger partial charge is 0.226 e. The molecule has 0 bridgehead atoms. The standard InChI is InChI=1S/C18H18N2O2S2/c1-13-4-2-5-15(10-13)22-8-7-19-17(21)11-14-12-24-18(20-14)16-6-3-9-23-16/h2-6,9-10,12H,7-8,11H2,1H3,(H,19,21). The van der Waals surface area contributed by atoms with Gasteiger partial charge >= 0.3 is 0 Å². The molecule has 0 fully saturated rings. The lowest BCUT2D eigenvalue weighted by Gasteiger charge is -2.07. The first kappa shape index (κ1) is 16.7. The number of nitrogens with one attached hydrogen (secondary N) is 1. The molecule has 0 atom stereocenters. The van der Waals surface area contributed by atoms with Crippen LogP contribution in [0.25, 0.3) is 9.88 Å². The van der Waals surface area contributed by atoms with E-state index >= 15 is 0 Å². The molecule has 2 heterocycles. The number of aromatic nitrogens is 1. The van der Waals surface area contributed by atoms with E-state index in [1.807, 2.05) is 54.1 Å². The van der Waals surface area contributed by atoms with Crippen LogP contribution >= 0.6 is 22.7 Å². The monoisotopic (exact) mass is 358 g/mol. The zero-order valence-electron chi connectivity index (χ0n) is 13.3. The minimum Gasteiger partial charge on any atom is -0.492 e. The number of carbonyl (C=O) groups is 1. The molecule has 24 heavy (non-hydrogen) atoms. The van der Waals surface area contributed by atoms with Crippen molar-refractivity contribution in [3.8, 4) is 15.6 Å². The van der Waals surface area contributed by atoms with E-state index in [1.54, 1.807) is 22.7 Å². The lowest BCUT2D eigenvalue weighted by Crippen LogP contribution is -2.29. The van der Waals surface area contributed by atoms with Crippen LogP contribution in [0.3, 0.4) is 0 Å². The Hall–Kier alpha value is -2.18. The van der Waals surface area contributed by atoms with Crippen molar-refractivity contribution in [2.45, 2.75) is 13.3 Å². The zero-order valence-corrected chi connectivity index (χ0v) is 15.0. The van der Waals surface area contributed by atoms with Crippen LogP contribution in [-0.4, -0.2) is 24.0 Å². The van der Waals surface area contributed by atoms with Gasteiger partial charge in [0.2, 0.25) is 5.91 Å². The fraction of sp³-hybridized carbons (Fsp3) is 0.222. The molecule has 124 valence electrons. The van der Waals surface area contributed by atoms with Crippen molar-refractivity contribution >= 4 is 28.6 Å². The van der Waals surface area contributed by atoms with Crippen LogP contribution < -0.4 is 10.1 Å². The number of aryl methyl sites for hydroxylation is 1. The SMILES string of the molecule is Cc1cccc(OCCNC(=O)Cc2csc(-c3cccs3)n2)c1. The first-order valence-electron chi connectivity index (χ1n) is 7.65. The molecule has 6 heteroatoms. The predicted octanol–water partition coefficient (Wildman–Crippen LogP) is 3.92. The highest BCUT2D eigenvalue weighted by atomic mass is 32.1. The van der Waals surface area contributed by atoms with E-state index in [9.17, 15) is 4.79 Å². The quantitative estimate of drug-likeness (QED) is 0.651. The predicted molar refractivity (Wildman–Crippen MR) is 98.8 cm³/mol. The highest BCUT2D eigenvalue weighted by molar-refractivity contribution is 7.20. The number of thiazole rings is 1. The van der Waals surface area contributed by atoms with E-state index < -0.39 is 0 Å². The van der Waals surface area contributed by atoms with Crippen LogP contribution in [0.15, 0.2) is 47.2 Å². The summed E-state index contributed by atoms with van der Waals surface area (Å²) in [6, 6.07) is 11.9. The van der Waals surface area contributed by atoms with Crippen molar-refractivity contribution in [1.29, 1.82) is 0 Å². The molecule has 3 aromatic rings. The summed E-state index contributed by atoms with van der Waals surface area (Å²) in [5.74, 6) is 0.787. The van der Waals surface area contributed by atoms with E-state index in [0.29, 0.717) is 19.6 Å². The summed E-state index contributed by atoms with van der Waals surface area (Å²) >= 11 is 3.23. The van der Waals surface area contributed by atoms with Crippen LogP contribution in [0.4, 0.5) is 0 Å². The van der Waals surface area contributed by atoms with Gasteiger partial charge in [-0.15, -0.1) is 22.7 Å². The number of ether oxygens (including phenoxy) is 1. The van der Waals surface area contributed by atoms with E-state index in [2.05, 4.69) is 10.3 Å². The van der Waals surface area contributed by atoms with Crippen molar-refractivity contribution in [3.63, 3.8) is 0 Å². The first-order valence-corrected chi connectivity index (χ1v) is 9.41. The van der Waals surface area contributed by atoms with Gasteiger partial charge in [0.15, 0.2) is 0 Å². The minimum absolute atomic E-state index is 0.0362. The van der Waals surface area contributed by atoms with Crippen LogP contribution in [0.1, 0.15) is 11.3 Å². The molecule has 3 rings (SSSR count). The molecule has 0 aliphatic carbocycles. The molecule has 4 nitrogen and oxygen atoms in total. The Morgan fingerprint density at radius 3 is 2.96 bits per heavy atom. The van der Waals surface area contributed by atoms with Gasteiger partial charge in [0.1, 0.15) is 17.4 Å². The number of rotatable bonds is 7. The zero-order chi connectivity index (χ0) is 16.8. The maximum atomic E-state index is 12.0. The van der Waals surface area contributed by atoms with Crippen molar-refractivity contribution < 1.29 is 9.53 Å². The Balaban J connectivity index is 1.41. The molecule has 1 N–H and O–H groups in total. The molecule has 0 aliphatic heterocycles. The van der Waals surface area contributed by atoms with Gasteiger partial charge in [-0.25, -0.2) is 4.98 Å². The number of nitrogens with zero attached hydrogens (tertiary/aromatic N) is 1. The first-order chi connectivity index (χ1) is 11.7. The third-order valence-corrected chi connectivity index (χ3v) is 5.24. The normalized spacial score (nSPS) is 10.5. The van der Waals surface area contributed by atoms with Gasteiger partial charge in [-0.3, -0.25) is 4.79 Å². The fourth-order valence-electron chi connectivity index (χ4n) is 2.19. The van der Waals surface area contributed by atoms with Gasteiger partial charge in [0.05, 0.1) is 23.5 Å². The molecular weight excluding hydrogens is 340 g/mol. The summed E-state index contributed by atoms with van der Waals surface area (Å²) in [5.41, 5.74) is 1.96. The Kier molecular flexibility index (Phi) is 5.61. The Labute approximate surface area is 149 Å². The van der Waals surface area contributed by atoms with Gasteiger partial charge in [-0.1, -0.05) is 18.2 Å². The highest BCUT2D eigenvalue weighted by Crippen LogP contribution is 2.27. The second-order valence-corrected chi connectivity index (χ2v) is 7.12. The maximum Gasteiger partial charge on any atom is 0.226 e. The summed E-state index contributed by atoms with van der Waals surface area (Å²) < 4.78 is 5.61. The van der Waals surface area contributed by atoms with Crippen LogP contribution in [0, 0.1) is 6.92 Å². The molecule has 0 radical (unpaired) electrons. The van der Waals surface area contributed by atoms with Gasteiger partial charge in [-0.05, 0) is 36.1 Å². The minimum atomic E-state index is -0.0362. The van der Waals surface area contributed by atoms with Crippen molar-refractivity contribution in [3.05, 3.63) is 58.4 Å². The van der Waals surface area contributed by atoms with E-state index in [-0.39, 0.29) is 5.91 Å². The number of hydrogen-bond acceptors (Lipinski definition) is 5.